The number of benzene rings is 15. The summed E-state index contributed by atoms with van der Waals surface area (Å²) >= 11 is 0. The van der Waals surface area contributed by atoms with Crippen molar-refractivity contribution in [2.24, 2.45) is 0 Å². The van der Waals surface area contributed by atoms with Crippen LogP contribution in [0.4, 0.5) is 34.1 Å². The predicted octanol–water partition coefficient (Wildman–Crippen LogP) is 24.5. The van der Waals surface area contributed by atoms with Gasteiger partial charge in [0, 0.05) is 56.1 Å². The van der Waals surface area contributed by atoms with Crippen LogP contribution in [0.5, 0.6) is 11.5 Å². The van der Waals surface area contributed by atoms with Crippen LogP contribution >= 0.6 is 0 Å². The minimum absolute atomic E-state index is 0.207. The highest BCUT2D eigenvalue weighted by molar-refractivity contribution is 7.00. The molecule has 103 heavy (non-hydrogen) atoms. The van der Waals surface area contributed by atoms with Crippen molar-refractivity contribution >= 4 is 57.2 Å². The van der Waals surface area contributed by atoms with Crippen LogP contribution in [0, 0.1) is 0 Å². The molecule has 0 saturated heterocycles. The van der Waals surface area contributed by atoms with Gasteiger partial charge in [0.1, 0.15) is 11.5 Å². The molecule has 15 aromatic carbocycles. The molecule has 0 aliphatic carbocycles. The number of rotatable bonds is 11. The van der Waals surface area contributed by atoms with Crippen LogP contribution in [0.15, 0.2) is 358 Å². The van der Waals surface area contributed by atoms with Gasteiger partial charge in [0.25, 0.3) is 6.71 Å². The van der Waals surface area contributed by atoms with Gasteiger partial charge in [0.05, 0.1) is 16.8 Å². The molecule has 492 valence electrons. The summed E-state index contributed by atoms with van der Waals surface area (Å²) in [6.45, 7) is 13.8. The summed E-state index contributed by atoms with van der Waals surface area (Å²) in [4.78, 5) is 5.39. The topological polar surface area (TPSA) is 15.7 Å². The second-order valence-electron chi connectivity index (χ2n) is 29.9. The molecule has 0 atom stereocenters. The summed E-state index contributed by atoms with van der Waals surface area (Å²) in [5, 5.41) is 0. The van der Waals surface area contributed by atoms with Crippen molar-refractivity contribution in [3.8, 4) is 89.4 Å². The molecular weight excluding hydrogens is 1240 g/mol. The van der Waals surface area contributed by atoms with Crippen LogP contribution in [0.3, 0.4) is 0 Å². The maximum absolute atomic E-state index is 7.21. The van der Waals surface area contributed by atoms with Crippen molar-refractivity contribution in [1.29, 1.82) is 0 Å². The number of nitrogens with zero attached hydrogens (tertiary/aromatic N) is 2. The monoisotopic (exact) mass is 1320 g/mol. The average molecular weight is 1320 g/mol. The molecule has 4 heteroatoms. The van der Waals surface area contributed by atoms with Gasteiger partial charge in [-0.2, -0.15) is 0 Å². The fourth-order valence-electron chi connectivity index (χ4n) is 16.6. The van der Waals surface area contributed by atoms with E-state index in [2.05, 4.69) is 409 Å². The Morgan fingerprint density at radius 2 is 0.583 bits per heavy atom. The molecule has 0 spiro atoms. The molecule has 3 aliphatic rings. The van der Waals surface area contributed by atoms with E-state index in [0.29, 0.717) is 0 Å². The van der Waals surface area contributed by atoms with E-state index in [0.717, 1.165) is 135 Å². The largest absolute Gasteiger partial charge is 0.457 e. The Labute approximate surface area is 606 Å². The van der Waals surface area contributed by atoms with E-state index in [4.69, 9.17) is 4.74 Å². The van der Waals surface area contributed by atoms with E-state index < -0.39 is 5.41 Å². The van der Waals surface area contributed by atoms with E-state index in [-0.39, 0.29) is 17.5 Å². The van der Waals surface area contributed by atoms with Gasteiger partial charge in [-0.3, -0.25) is 0 Å². The molecule has 3 heterocycles. The first-order chi connectivity index (χ1) is 50.4. The molecule has 15 aromatic rings. The van der Waals surface area contributed by atoms with Crippen molar-refractivity contribution in [3.05, 3.63) is 391 Å². The second-order valence-corrected chi connectivity index (χ2v) is 29.9. The smallest absolute Gasteiger partial charge is 0.252 e. The van der Waals surface area contributed by atoms with Crippen LogP contribution in [0.25, 0.3) is 77.9 Å². The maximum Gasteiger partial charge on any atom is 0.252 e. The first kappa shape index (κ1) is 63.0. The Kier molecular flexibility index (Phi) is 15.4. The van der Waals surface area contributed by atoms with E-state index in [9.17, 15) is 0 Å². The highest BCUT2D eigenvalue weighted by atomic mass is 16.5. The predicted molar refractivity (Wildman–Crippen MR) is 434 cm³/mol. The lowest BCUT2D eigenvalue weighted by atomic mass is 9.33. The standard InChI is InChI=1S/C99H77BN2O/c1-97(2,3)78-62-80(68-37-19-9-20-38-68)95(81(63-78)69-39-21-10-22-40-69)101-88-54-51-73(66-33-15-7-16-34-66)58-86(88)100-87-59-74(67-35-17-8-18-36-67)52-55-89(87)102(96-82(70-41-23-11-24-42-70)64-79(98(4,5)6)65-83(96)71-43-25-12-26-44-71)91-61-75(60-90(101)94(91)100)72-53-56-93-85(57-72)99(76-45-27-13-28-46-76,77-47-29-14-30-48-77)84-49-31-32-50-92(84)103-93/h7-65H,1-6H3. The lowest BCUT2D eigenvalue weighted by Gasteiger charge is -2.46. The SMILES string of the molecule is CC(C)(C)c1cc(-c2ccccc2)c(N2c3ccc(-c4ccccc4)cc3B3c4cc(-c5ccccc5)ccc4N(c4c(-c5ccccc5)cc(C(C)(C)C)cc4-c4ccccc4)c4cc(-c5ccc6c(c5)C(c5ccccc5)(c5ccccc5)c5ccccc5O6)cc2c43)c(-c2ccccc2)c1. The van der Waals surface area contributed by atoms with Crippen molar-refractivity contribution < 1.29 is 4.74 Å². The number of ether oxygens (including phenoxy) is 1. The number of hydrogen-bond acceptors (Lipinski definition) is 3. The molecule has 0 bridgehead atoms. The lowest BCUT2D eigenvalue weighted by molar-refractivity contribution is 0.434. The number of hydrogen-bond donors (Lipinski definition) is 0. The minimum Gasteiger partial charge on any atom is -0.457 e. The van der Waals surface area contributed by atoms with Gasteiger partial charge >= 0.3 is 0 Å². The summed E-state index contributed by atoms with van der Waals surface area (Å²) in [5.74, 6) is 1.66. The van der Waals surface area contributed by atoms with E-state index in [1.165, 1.54) is 38.6 Å². The zero-order valence-corrected chi connectivity index (χ0v) is 58.9. The zero-order valence-electron chi connectivity index (χ0n) is 58.9. The summed E-state index contributed by atoms with van der Waals surface area (Å²) in [6, 6.07) is 134. The third-order valence-corrected chi connectivity index (χ3v) is 21.7. The molecule has 0 fully saturated rings. The highest BCUT2D eigenvalue weighted by Crippen LogP contribution is 2.59. The van der Waals surface area contributed by atoms with Crippen LogP contribution in [0.1, 0.15) is 74.9 Å². The van der Waals surface area contributed by atoms with Crippen LogP contribution in [0.2, 0.25) is 0 Å². The molecule has 0 radical (unpaired) electrons. The Balaban J connectivity index is 1.04. The average Bonchev–Trinajstić information content (AvgIpc) is 0.693. The quantitative estimate of drug-likeness (QED) is 0.120. The Hall–Kier alpha value is -12.2. The summed E-state index contributed by atoms with van der Waals surface area (Å²) in [6.07, 6.45) is 0. The summed E-state index contributed by atoms with van der Waals surface area (Å²) in [7, 11) is 0. The zero-order chi connectivity index (χ0) is 69.6. The molecule has 18 rings (SSSR count). The molecule has 0 aromatic heterocycles. The number of fused-ring (bicyclic) bond motifs is 6. The van der Waals surface area contributed by atoms with Crippen molar-refractivity contribution in [1.82, 2.24) is 0 Å². The first-order valence-electron chi connectivity index (χ1n) is 36.2. The van der Waals surface area contributed by atoms with Gasteiger partial charge in [0.2, 0.25) is 0 Å². The second kappa shape index (κ2) is 25.1. The van der Waals surface area contributed by atoms with Gasteiger partial charge in [-0.15, -0.1) is 0 Å². The molecular formula is C99H77BN2O. The van der Waals surface area contributed by atoms with E-state index >= 15 is 0 Å². The fourth-order valence-corrected chi connectivity index (χ4v) is 16.6. The third kappa shape index (κ3) is 10.7. The first-order valence-corrected chi connectivity index (χ1v) is 36.2. The highest BCUT2D eigenvalue weighted by Gasteiger charge is 2.48. The van der Waals surface area contributed by atoms with Crippen LogP contribution in [-0.4, -0.2) is 6.71 Å². The van der Waals surface area contributed by atoms with Crippen LogP contribution in [-0.2, 0) is 16.2 Å². The van der Waals surface area contributed by atoms with Gasteiger partial charge in [0.15, 0.2) is 0 Å². The molecule has 3 aliphatic heterocycles. The van der Waals surface area contributed by atoms with Crippen LogP contribution < -0.4 is 30.9 Å². The molecule has 0 amide bonds. The Morgan fingerprint density at radius 3 is 0.961 bits per heavy atom. The van der Waals surface area contributed by atoms with E-state index in [1.54, 1.807) is 0 Å². The van der Waals surface area contributed by atoms with Gasteiger partial charge in [-0.1, -0.05) is 333 Å². The molecule has 0 N–H and O–H groups in total. The fraction of sp³-hybridized carbons (Fsp3) is 0.0909. The van der Waals surface area contributed by atoms with Gasteiger partial charge in [-0.05, 0) is 172 Å². The van der Waals surface area contributed by atoms with E-state index in [1.807, 2.05) is 0 Å². The molecule has 0 unspecified atom stereocenters. The number of para-hydroxylation sites is 1. The van der Waals surface area contributed by atoms with Crippen molar-refractivity contribution in [3.63, 3.8) is 0 Å². The summed E-state index contributed by atoms with van der Waals surface area (Å²) < 4.78 is 7.21. The Morgan fingerprint density at radius 1 is 0.262 bits per heavy atom. The van der Waals surface area contributed by atoms with Crippen molar-refractivity contribution in [2.75, 3.05) is 9.80 Å². The lowest BCUT2D eigenvalue weighted by Crippen LogP contribution is -2.61. The van der Waals surface area contributed by atoms with Gasteiger partial charge in [-0.25, -0.2) is 0 Å². The minimum atomic E-state index is -0.771. The molecule has 0 saturated carbocycles. The Bertz CT molecular complexity index is 5290. The maximum atomic E-state index is 7.21. The normalized spacial score (nSPS) is 13.2. The number of anilines is 6. The third-order valence-electron chi connectivity index (χ3n) is 21.7. The van der Waals surface area contributed by atoms with Crippen molar-refractivity contribution in [2.45, 2.75) is 57.8 Å². The summed E-state index contributed by atoms with van der Waals surface area (Å²) in [5.41, 5.74) is 32.1. The van der Waals surface area contributed by atoms with Gasteiger partial charge < -0.3 is 14.5 Å². The molecule has 3 nitrogen and oxygen atoms in total.